The van der Waals surface area contributed by atoms with Crippen molar-refractivity contribution in [3.05, 3.63) is 29.8 Å². The lowest BCUT2D eigenvalue weighted by molar-refractivity contribution is -0.144. The van der Waals surface area contributed by atoms with Gasteiger partial charge >= 0.3 is 0 Å². The molecular weight excluding hydrogens is 416 g/mol. The van der Waals surface area contributed by atoms with Gasteiger partial charge in [-0.1, -0.05) is 18.2 Å². The van der Waals surface area contributed by atoms with Crippen molar-refractivity contribution in [1.29, 1.82) is 0 Å². The molecule has 4 rings (SSSR count). The average molecular weight is 447 g/mol. The number of para-hydroxylation sites is 1. The normalized spacial score (nSPS) is 28.1. The Morgan fingerprint density at radius 1 is 1.23 bits per heavy atom. The zero-order valence-corrected chi connectivity index (χ0v) is 18.6. The van der Waals surface area contributed by atoms with Gasteiger partial charge in [0.25, 0.3) is 0 Å². The summed E-state index contributed by atoms with van der Waals surface area (Å²) in [5, 5.41) is 3.14. The largest absolute Gasteiger partial charge is 0.493 e. The minimum atomic E-state index is -0.814. The van der Waals surface area contributed by atoms with Gasteiger partial charge in [0.2, 0.25) is 17.7 Å². The Balaban J connectivity index is 1.46. The van der Waals surface area contributed by atoms with Crippen LogP contribution < -0.4 is 15.8 Å². The van der Waals surface area contributed by atoms with Gasteiger partial charge in [0, 0.05) is 31.1 Å². The maximum Gasteiger partial charge on any atom is 0.243 e. The van der Waals surface area contributed by atoms with E-state index in [0.717, 1.165) is 17.7 Å². The quantitative estimate of drug-likeness (QED) is 0.712. The molecule has 0 radical (unpaired) electrons. The fourth-order valence-electron chi connectivity index (χ4n) is 4.86. The first kappa shape index (κ1) is 22.0. The Kier molecular flexibility index (Phi) is 6.71. The average Bonchev–Trinajstić information content (AvgIpc) is 3.19. The molecule has 0 unspecified atom stereocenters. The lowest BCUT2D eigenvalue weighted by atomic mass is 10.00. The number of nitrogens with zero attached hydrogens (tertiary/aromatic N) is 2. The van der Waals surface area contributed by atoms with Crippen LogP contribution in [0.25, 0.3) is 0 Å². The molecule has 0 spiro atoms. The summed E-state index contributed by atoms with van der Waals surface area (Å²) in [5.74, 6) is 0.807. The minimum Gasteiger partial charge on any atom is -0.493 e. The van der Waals surface area contributed by atoms with Gasteiger partial charge < -0.3 is 25.6 Å². The molecular formula is C22H30N4O4S. The topological polar surface area (TPSA) is 105 Å². The number of amides is 3. The van der Waals surface area contributed by atoms with E-state index in [2.05, 4.69) is 5.32 Å². The molecule has 168 valence electrons. The number of thioether (sulfide) groups is 1. The third-order valence-corrected chi connectivity index (χ3v) is 6.96. The van der Waals surface area contributed by atoms with E-state index >= 15 is 0 Å². The molecule has 0 aliphatic carbocycles. The van der Waals surface area contributed by atoms with E-state index in [1.807, 2.05) is 30.5 Å². The van der Waals surface area contributed by atoms with Crippen molar-refractivity contribution in [3.8, 4) is 5.75 Å². The number of fused-ring (bicyclic) bond motifs is 2. The van der Waals surface area contributed by atoms with E-state index < -0.39 is 12.1 Å². The van der Waals surface area contributed by atoms with Crippen LogP contribution in [0.15, 0.2) is 24.3 Å². The van der Waals surface area contributed by atoms with Crippen LogP contribution in [0.2, 0.25) is 0 Å². The van der Waals surface area contributed by atoms with Crippen LogP contribution in [0, 0.1) is 0 Å². The van der Waals surface area contributed by atoms with Crippen LogP contribution in [0.5, 0.6) is 5.75 Å². The molecule has 1 aromatic carbocycles. The maximum absolute atomic E-state index is 13.2. The van der Waals surface area contributed by atoms with Crippen molar-refractivity contribution < 1.29 is 19.1 Å². The molecule has 0 bridgehead atoms. The van der Waals surface area contributed by atoms with Gasteiger partial charge in [0.1, 0.15) is 17.8 Å². The summed E-state index contributed by atoms with van der Waals surface area (Å²) in [6.45, 7) is 1.30. The van der Waals surface area contributed by atoms with Crippen molar-refractivity contribution in [1.82, 2.24) is 15.1 Å². The van der Waals surface area contributed by atoms with Crippen LogP contribution in [0.3, 0.4) is 0 Å². The molecule has 9 heteroatoms. The molecule has 1 aromatic rings. The number of carbonyl (C=O) groups excluding carboxylic acids is 3. The van der Waals surface area contributed by atoms with Gasteiger partial charge in [-0.25, -0.2) is 0 Å². The van der Waals surface area contributed by atoms with Crippen molar-refractivity contribution in [3.63, 3.8) is 0 Å². The molecule has 31 heavy (non-hydrogen) atoms. The number of benzene rings is 1. The number of carbonyl (C=O) groups is 3. The Morgan fingerprint density at radius 3 is 2.84 bits per heavy atom. The highest BCUT2D eigenvalue weighted by molar-refractivity contribution is 7.99. The van der Waals surface area contributed by atoms with Crippen molar-refractivity contribution >= 4 is 29.5 Å². The number of hydrogen-bond acceptors (Lipinski definition) is 6. The lowest BCUT2D eigenvalue weighted by Gasteiger charge is -2.38. The Morgan fingerprint density at radius 2 is 2.03 bits per heavy atom. The van der Waals surface area contributed by atoms with Crippen molar-refractivity contribution in [2.75, 3.05) is 31.7 Å². The minimum absolute atomic E-state index is 0.00896. The molecule has 3 aliphatic rings. The second-order valence-electron chi connectivity index (χ2n) is 8.40. The molecule has 3 heterocycles. The van der Waals surface area contributed by atoms with E-state index in [9.17, 15) is 14.4 Å². The summed E-state index contributed by atoms with van der Waals surface area (Å²) in [6.07, 6.45) is 4.59. The van der Waals surface area contributed by atoms with E-state index in [-0.39, 0.29) is 36.3 Å². The Labute approximate surface area is 186 Å². The molecule has 3 aliphatic heterocycles. The van der Waals surface area contributed by atoms with Crippen molar-refractivity contribution in [2.45, 2.75) is 49.9 Å². The summed E-state index contributed by atoms with van der Waals surface area (Å²) in [4.78, 5) is 42.1. The molecule has 2 fully saturated rings. The molecule has 2 saturated heterocycles. The predicted octanol–water partition coefficient (Wildman–Crippen LogP) is 0.909. The van der Waals surface area contributed by atoms with Crippen LogP contribution in [0.4, 0.5) is 0 Å². The molecule has 0 aromatic heterocycles. The van der Waals surface area contributed by atoms with E-state index in [0.29, 0.717) is 38.2 Å². The highest BCUT2D eigenvalue weighted by atomic mass is 32.2. The number of nitrogens with one attached hydrogen (secondary N) is 1. The Hall–Kier alpha value is -2.26. The van der Waals surface area contributed by atoms with Crippen LogP contribution >= 0.6 is 11.8 Å². The second-order valence-corrected chi connectivity index (χ2v) is 9.26. The fourth-order valence-corrected chi connectivity index (χ4v) is 5.29. The van der Waals surface area contributed by atoms with Gasteiger partial charge in [0.15, 0.2) is 0 Å². The standard InChI is InChI=1S/C22H30N4O4S/c1-31-13-20(27)25-10-8-14-6-7-18(26(14)22(29)16(23)12-25)21(28)24-17-9-11-30-19-5-3-2-4-15(17)19/h2-5,14,16-18H,6-13,23H2,1H3,(H,24,28)/t14-,16+,17-,18+/m1/s1. The summed E-state index contributed by atoms with van der Waals surface area (Å²) in [6, 6.07) is 6.19. The first-order valence-electron chi connectivity index (χ1n) is 10.9. The lowest BCUT2D eigenvalue weighted by Crippen LogP contribution is -2.59. The number of nitrogens with two attached hydrogens (primary N) is 1. The van der Waals surface area contributed by atoms with E-state index in [1.165, 1.54) is 11.8 Å². The molecule has 3 amide bonds. The fraction of sp³-hybridized carbons (Fsp3) is 0.591. The van der Waals surface area contributed by atoms with Gasteiger partial charge in [-0.2, -0.15) is 11.8 Å². The summed E-state index contributed by atoms with van der Waals surface area (Å²) in [7, 11) is 0. The van der Waals surface area contributed by atoms with Crippen molar-refractivity contribution in [2.24, 2.45) is 5.73 Å². The third kappa shape index (κ3) is 4.52. The van der Waals surface area contributed by atoms with Crippen LogP contribution in [-0.2, 0) is 14.4 Å². The Bertz CT molecular complexity index is 851. The first-order chi connectivity index (χ1) is 15.0. The smallest absolute Gasteiger partial charge is 0.243 e. The highest BCUT2D eigenvalue weighted by Crippen LogP contribution is 2.33. The van der Waals surface area contributed by atoms with E-state index in [1.54, 1.807) is 9.80 Å². The highest BCUT2D eigenvalue weighted by Gasteiger charge is 2.44. The molecule has 3 N–H and O–H groups in total. The number of ether oxygens (including phenoxy) is 1. The first-order valence-corrected chi connectivity index (χ1v) is 12.3. The molecule has 4 atom stereocenters. The summed E-state index contributed by atoms with van der Waals surface area (Å²) < 4.78 is 5.69. The van der Waals surface area contributed by atoms with E-state index in [4.69, 9.17) is 10.5 Å². The zero-order chi connectivity index (χ0) is 22.0. The van der Waals surface area contributed by atoms with Crippen LogP contribution in [-0.4, -0.2) is 77.4 Å². The molecule has 0 saturated carbocycles. The monoisotopic (exact) mass is 446 g/mol. The third-order valence-electron chi connectivity index (χ3n) is 6.42. The van der Waals surface area contributed by atoms with Crippen LogP contribution in [0.1, 0.15) is 37.3 Å². The summed E-state index contributed by atoms with van der Waals surface area (Å²) in [5.41, 5.74) is 7.17. The zero-order valence-electron chi connectivity index (χ0n) is 17.8. The van der Waals surface area contributed by atoms with Gasteiger partial charge in [-0.3, -0.25) is 14.4 Å². The second kappa shape index (κ2) is 9.48. The van der Waals surface area contributed by atoms with Gasteiger partial charge in [-0.05, 0) is 31.6 Å². The number of hydrogen-bond donors (Lipinski definition) is 2. The number of rotatable bonds is 4. The van der Waals surface area contributed by atoms with Gasteiger partial charge in [-0.15, -0.1) is 0 Å². The molecule has 8 nitrogen and oxygen atoms in total. The van der Waals surface area contributed by atoms with Gasteiger partial charge in [0.05, 0.1) is 18.4 Å². The predicted molar refractivity (Wildman–Crippen MR) is 119 cm³/mol. The SMILES string of the molecule is CSCC(=O)N1CC[C@H]2CC[C@@H](C(=O)N[C@@H]3CCOc4ccccc43)N2C(=O)[C@@H](N)C1. The maximum atomic E-state index is 13.2. The summed E-state index contributed by atoms with van der Waals surface area (Å²) >= 11 is 1.46.